The molecule has 4 N–H and O–H groups in total. The zero-order valence-corrected chi connectivity index (χ0v) is 53.1. The van der Waals surface area contributed by atoms with Crippen molar-refractivity contribution in [1.82, 2.24) is 19.9 Å². The molecular formula is C75H62ClF3N8O11. The van der Waals surface area contributed by atoms with E-state index in [4.69, 9.17) is 30.5 Å². The molecule has 0 unspecified atom stereocenters. The number of methoxy groups -OCH3 is 1. The van der Waals surface area contributed by atoms with Crippen LogP contribution in [0, 0.1) is 0 Å². The summed E-state index contributed by atoms with van der Waals surface area (Å²) in [7, 11) is 1.51. The molecule has 11 rings (SSSR count). The molecule has 0 aliphatic heterocycles. The minimum absolute atomic E-state index is 0.127. The van der Waals surface area contributed by atoms with Crippen LogP contribution in [0.3, 0.4) is 0 Å². The Balaban J connectivity index is 0.000000168. The summed E-state index contributed by atoms with van der Waals surface area (Å²) >= 11 is 5.89. The fourth-order valence-corrected chi connectivity index (χ4v) is 8.83. The van der Waals surface area contributed by atoms with E-state index in [0.717, 1.165) is 30.7 Å². The molecule has 23 heteroatoms. The summed E-state index contributed by atoms with van der Waals surface area (Å²) in [6.45, 7) is 0.364. The molecule has 0 saturated carbocycles. The number of anilines is 4. The Kier molecular flexibility index (Phi) is 27.2. The highest BCUT2D eigenvalue weighted by atomic mass is 35.5. The lowest BCUT2D eigenvalue weighted by Gasteiger charge is -2.10. The monoisotopic (exact) mass is 1340 g/mol. The van der Waals surface area contributed by atoms with Gasteiger partial charge in [0.25, 0.3) is 23.6 Å². The molecule has 0 radical (unpaired) electrons. The predicted octanol–water partition coefficient (Wildman–Crippen LogP) is 15.4. The first-order chi connectivity index (χ1) is 47.5. The van der Waals surface area contributed by atoms with Crippen molar-refractivity contribution in [3.05, 3.63) is 318 Å². The van der Waals surface area contributed by atoms with Crippen molar-refractivity contribution in [3.63, 3.8) is 0 Å². The smallest absolute Gasteiger partial charge is 0.496 e. The van der Waals surface area contributed by atoms with Crippen LogP contribution in [0.5, 0.6) is 28.7 Å². The van der Waals surface area contributed by atoms with Gasteiger partial charge in [0.1, 0.15) is 51.5 Å². The van der Waals surface area contributed by atoms with Crippen LogP contribution in [0.4, 0.5) is 35.9 Å². The van der Waals surface area contributed by atoms with Gasteiger partial charge in [-0.2, -0.15) is 0 Å². The average Bonchev–Trinajstić information content (AvgIpc) is 1.21. The third-order valence-corrected chi connectivity index (χ3v) is 13.4. The summed E-state index contributed by atoms with van der Waals surface area (Å²) in [6.07, 6.45) is 3.29. The molecule has 19 nitrogen and oxygen atoms in total. The number of halogens is 4. The molecule has 0 fully saturated rings. The number of ether oxygens (including phenoxy) is 5. The molecule has 4 heterocycles. The second kappa shape index (κ2) is 37.4. The van der Waals surface area contributed by atoms with Gasteiger partial charge in [-0.25, -0.2) is 0 Å². The molecule has 98 heavy (non-hydrogen) atoms. The van der Waals surface area contributed by atoms with E-state index in [1.807, 2.05) is 42.5 Å². The van der Waals surface area contributed by atoms with E-state index in [2.05, 4.69) is 58.1 Å². The summed E-state index contributed by atoms with van der Waals surface area (Å²) < 4.78 is 62.1. The van der Waals surface area contributed by atoms with Crippen LogP contribution in [-0.2, 0) is 6.42 Å². The highest BCUT2D eigenvalue weighted by Gasteiger charge is 2.31. The second-order valence-electron chi connectivity index (χ2n) is 20.4. The Morgan fingerprint density at radius 2 is 0.796 bits per heavy atom. The van der Waals surface area contributed by atoms with Crippen LogP contribution in [0.25, 0.3) is 0 Å². The summed E-state index contributed by atoms with van der Waals surface area (Å²) in [5.74, 6) is -0.0000619. The van der Waals surface area contributed by atoms with Crippen LogP contribution in [-0.4, -0.2) is 88.4 Å². The van der Waals surface area contributed by atoms with Crippen LogP contribution < -0.4 is 45.0 Å². The van der Waals surface area contributed by atoms with Gasteiger partial charge in [-0.15, -0.1) is 13.2 Å². The van der Waals surface area contributed by atoms with E-state index in [0.29, 0.717) is 74.1 Å². The van der Waals surface area contributed by atoms with E-state index >= 15 is 0 Å². The predicted molar refractivity (Wildman–Crippen MR) is 366 cm³/mol. The molecule has 0 bridgehead atoms. The number of benzene rings is 7. The normalized spacial score (nSPS) is 10.3. The molecule has 0 aliphatic rings. The van der Waals surface area contributed by atoms with Gasteiger partial charge in [0, 0.05) is 82.4 Å². The maximum absolute atomic E-state index is 12.4. The second-order valence-corrected chi connectivity index (χ2v) is 20.8. The number of aromatic nitrogens is 4. The summed E-state index contributed by atoms with van der Waals surface area (Å²) in [5, 5.41) is 11.3. The molecule has 11 aromatic rings. The fraction of sp³-hybridized carbons (Fsp3) is 0.0933. The molecule has 0 spiro atoms. The van der Waals surface area contributed by atoms with E-state index in [1.54, 1.807) is 182 Å². The molecule has 496 valence electrons. The van der Waals surface area contributed by atoms with Gasteiger partial charge < -0.3 is 45.0 Å². The standard InChI is InChI=1S/C21H18N2O4.C21H20N2O2.C20H15ClN2O3.C13H9F3N2O2/c1-26-20-11-3-2-9-17(20)19(24)14-27-16-8-6-7-15(13-16)23-21(25)18-10-4-5-12-22-18;24-21(20-13-4-5-14-22-20)23-18-11-6-12-19(16-18)25-15-7-10-17-8-2-1-3-9-17;21-15-6-3-5-14(11-15)19(24)13-26-17-8-4-7-16(12-17)23-20(25)18-9-1-2-10-22-18;14-13(15,16)20-10-5-3-4-9(8-10)18-12(19)11-6-1-2-7-17-11/h2-13H,14H2,1H3,(H,23,25);1-6,8-9,11-14,16H,7,10,15H2,(H,23,24);1-12H,13H2,(H,23,25);1-8H,(H,18,19). The number of carbonyl (C=O) groups excluding carboxylic acids is 6. The Hall–Kier alpha value is -12.6. The third-order valence-electron chi connectivity index (χ3n) is 13.2. The van der Waals surface area contributed by atoms with Crippen molar-refractivity contribution < 1.29 is 65.6 Å². The van der Waals surface area contributed by atoms with Crippen molar-refractivity contribution in [2.75, 3.05) is 48.2 Å². The minimum atomic E-state index is -4.77. The zero-order chi connectivity index (χ0) is 69.3. The van der Waals surface area contributed by atoms with Crippen molar-refractivity contribution in [1.29, 1.82) is 0 Å². The molecule has 4 amide bonds. The lowest BCUT2D eigenvalue weighted by molar-refractivity contribution is -0.274. The summed E-state index contributed by atoms with van der Waals surface area (Å²) in [5.41, 5.74) is 5.40. The summed E-state index contributed by atoms with van der Waals surface area (Å²) in [4.78, 5) is 88.6. The molecule has 0 saturated heterocycles. The Morgan fingerprint density at radius 1 is 0.408 bits per heavy atom. The summed E-state index contributed by atoms with van der Waals surface area (Å²) in [6, 6.07) is 70.3. The van der Waals surface area contributed by atoms with E-state index in [1.165, 1.54) is 37.1 Å². The number of aryl methyl sites for hydroxylation is 1. The van der Waals surface area contributed by atoms with Gasteiger partial charge >= 0.3 is 6.36 Å². The number of amides is 4. The lowest BCUT2D eigenvalue weighted by Crippen LogP contribution is -2.17. The first-order valence-corrected chi connectivity index (χ1v) is 30.3. The SMILES string of the molecule is COc1ccccc1C(=O)COc1cccc(NC(=O)c2ccccn2)c1.O=C(COc1cccc(NC(=O)c2ccccn2)c1)c1cccc(Cl)c1.O=C(Nc1cccc(OC(F)(F)F)c1)c1ccccn1.O=C(Nc1cccc(OCCCc2ccccc2)c1)c1ccccn1. The number of nitrogens with one attached hydrogen (secondary N) is 4. The topological polar surface area (TPSA) is 248 Å². The molecule has 0 aliphatic carbocycles. The first-order valence-electron chi connectivity index (χ1n) is 30.0. The lowest BCUT2D eigenvalue weighted by atomic mass is 10.1. The molecule has 7 aromatic carbocycles. The number of rotatable bonds is 23. The maximum Gasteiger partial charge on any atom is 0.573 e. The largest absolute Gasteiger partial charge is 0.573 e. The van der Waals surface area contributed by atoms with E-state index in [9.17, 15) is 41.9 Å². The van der Waals surface area contributed by atoms with Gasteiger partial charge in [-0.3, -0.25) is 48.7 Å². The zero-order valence-electron chi connectivity index (χ0n) is 52.3. The maximum atomic E-state index is 12.4. The quantitative estimate of drug-likeness (QED) is 0.0343. The van der Waals surface area contributed by atoms with Crippen LogP contribution in [0.1, 0.15) is 74.7 Å². The van der Waals surface area contributed by atoms with Gasteiger partial charge in [-0.05, 0) is 140 Å². The van der Waals surface area contributed by atoms with Gasteiger partial charge in [0.2, 0.25) is 5.78 Å². The Labute approximate surface area is 566 Å². The van der Waals surface area contributed by atoms with E-state index < -0.39 is 18.0 Å². The van der Waals surface area contributed by atoms with Crippen molar-refractivity contribution in [3.8, 4) is 28.7 Å². The van der Waals surface area contributed by atoms with E-state index in [-0.39, 0.29) is 53.9 Å². The highest BCUT2D eigenvalue weighted by molar-refractivity contribution is 6.31. The minimum Gasteiger partial charge on any atom is -0.496 e. The van der Waals surface area contributed by atoms with Crippen LogP contribution >= 0.6 is 11.6 Å². The number of hydrogen-bond donors (Lipinski definition) is 4. The van der Waals surface area contributed by atoms with Gasteiger partial charge in [-0.1, -0.05) is 115 Å². The number of carbonyl (C=O) groups is 6. The molecule has 0 atom stereocenters. The molecular weight excluding hydrogens is 1280 g/mol. The van der Waals surface area contributed by atoms with Crippen molar-refractivity contribution in [2.45, 2.75) is 19.2 Å². The molecule has 4 aromatic heterocycles. The number of Topliss-reactive ketones (excluding diaryl/α,β-unsaturated/α-hetero) is 2. The average molecular weight is 1340 g/mol. The number of alkyl halides is 3. The number of hydrogen-bond acceptors (Lipinski definition) is 15. The van der Waals surface area contributed by atoms with Crippen LogP contribution in [0.2, 0.25) is 5.02 Å². The third kappa shape index (κ3) is 24.4. The van der Waals surface area contributed by atoms with Crippen molar-refractivity contribution in [2.24, 2.45) is 0 Å². The van der Waals surface area contributed by atoms with Crippen LogP contribution in [0.15, 0.2) is 274 Å². The number of ketones is 2. The Morgan fingerprint density at radius 3 is 1.21 bits per heavy atom. The van der Waals surface area contributed by atoms with Gasteiger partial charge in [0.05, 0.1) is 19.3 Å². The number of pyridine rings is 4. The first kappa shape index (κ1) is 71.3. The number of para-hydroxylation sites is 1. The number of nitrogens with zero attached hydrogens (tertiary/aromatic N) is 4. The van der Waals surface area contributed by atoms with Gasteiger partial charge in [0.15, 0.2) is 19.0 Å². The Bertz CT molecular complexity index is 4400. The fourth-order valence-electron chi connectivity index (χ4n) is 8.64. The van der Waals surface area contributed by atoms with Crippen molar-refractivity contribution >= 4 is 69.5 Å². The highest BCUT2D eigenvalue weighted by Crippen LogP contribution is 2.27.